The van der Waals surface area contributed by atoms with E-state index in [4.69, 9.17) is 11.6 Å². The van der Waals surface area contributed by atoms with Crippen LogP contribution >= 0.6 is 11.6 Å². The van der Waals surface area contributed by atoms with Gasteiger partial charge in [0.05, 0.1) is 17.9 Å². The molecule has 1 aromatic heterocycles. The van der Waals surface area contributed by atoms with E-state index in [-0.39, 0.29) is 5.91 Å². The molecule has 1 aliphatic rings. The molecule has 2 heterocycles. The molecule has 1 amide bonds. The van der Waals surface area contributed by atoms with E-state index >= 15 is 0 Å². The lowest BCUT2D eigenvalue weighted by Gasteiger charge is -2.27. The molecule has 0 spiro atoms. The maximum atomic E-state index is 12.7. The summed E-state index contributed by atoms with van der Waals surface area (Å²) in [5, 5.41) is 0.487. The van der Waals surface area contributed by atoms with Crippen LogP contribution in [-0.4, -0.2) is 26.9 Å². The van der Waals surface area contributed by atoms with Crippen LogP contribution in [0.3, 0.4) is 0 Å². The standard InChI is InChI=1S/C16H18ClN3O/c1-10-4-5-12(8-11(10)2)15(21)20-7-6-13-14(9-20)19(3)16(17)18-13/h4-5,8H,6-7,9H2,1-3H3. The van der Waals surface area contributed by atoms with Crippen molar-refractivity contribution in [2.24, 2.45) is 7.05 Å². The molecular formula is C16H18ClN3O. The summed E-state index contributed by atoms with van der Waals surface area (Å²) in [5.74, 6) is 0.0704. The van der Waals surface area contributed by atoms with Crippen LogP contribution in [0, 0.1) is 13.8 Å². The van der Waals surface area contributed by atoms with Gasteiger partial charge in [-0.15, -0.1) is 0 Å². The Labute approximate surface area is 129 Å². The molecule has 21 heavy (non-hydrogen) atoms. The molecule has 2 aromatic rings. The molecule has 0 N–H and O–H groups in total. The monoisotopic (exact) mass is 303 g/mol. The third-order valence-corrected chi connectivity index (χ3v) is 4.58. The van der Waals surface area contributed by atoms with Gasteiger partial charge in [0.25, 0.3) is 5.91 Å². The number of benzene rings is 1. The highest BCUT2D eigenvalue weighted by molar-refractivity contribution is 6.28. The number of halogens is 1. The molecule has 3 rings (SSSR count). The average molecular weight is 304 g/mol. The summed E-state index contributed by atoms with van der Waals surface area (Å²) in [5.41, 5.74) is 5.12. The van der Waals surface area contributed by atoms with Crippen LogP contribution in [0.1, 0.15) is 32.9 Å². The van der Waals surface area contributed by atoms with Gasteiger partial charge in [0.2, 0.25) is 5.28 Å². The topological polar surface area (TPSA) is 38.1 Å². The number of aryl methyl sites for hydroxylation is 2. The largest absolute Gasteiger partial charge is 0.332 e. The molecule has 1 aromatic carbocycles. The Balaban J connectivity index is 1.86. The lowest BCUT2D eigenvalue weighted by Crippen LogP contribution is -2.36. The summed E-state index contributed by atoms with van der Waals surface area (Å²) < 4.78 is 1.86. The predicted molar refractivity (Wildman–Crippen MR) is 82.6 cm³/mol. The average Bonchev–Trinajstić information content (AvgIpc) is 2.76. The first-order chi connectivity index (χ1) is 9.97. The van der Waals surface area contributed by atoms with E-state index in [1.54, 1.807) is 0 Å². The first-order valence-corrected chi connectivity index (χ1v) is 7.41. The number of carbonyl (C=O) groups excluding carboxylic acids is 1. The van der Waals surface area contributed by atoms with Gasteiger partial charge in [-0.1, -0.05) is 6.07 Å². The first kappa shape index (κ1) is 14.1. The number of aromatic nitrogens is 2. The highest BCUT2D eigenvalue weighted by Gasteiger charge is 2.26. The molecule has 0 unspecified atom stereocenters. The maximum absolute atomic E-state index is 12.7. The number of fused-ring (bicyclic) bond motifs is 1. The molecule has 0 aliphatic carbocycles. The van der Waals surface area contributed by atoms with E-state index < -0.39 is 0 Å². The molecule has 5 heteroatoms. The summed E-state index contributed by atoms with van der Waals surface area (Å²) in [6, 6.07) is 5.86. The van der Waals surface area contributed by atoms with Gasteiger partial charge in [-0.2, -0.15) is 0 Å². The summed E-state index contributed by atoms with van der Waals surface area (Å²) >= 11 is 6.05. The number of nitrogens with zero attached hydrogens (tertiary/aromatic N) is 3. The van der Waals surface area contributed by atoms with E-state index in [1.165, 1.54) is 5.56 Å². The van der Waals surface area contributed by atoms with Crippen LogP contribution < -0.4 is 0 Å². The number of amides is 1. The van der Waals surface area contributed by atoms with Gasteiger partial charge in [0, 0.05) is 25.6 Å². The third kappa shape index (κ3) is 2.44. The first-order valence-electron chi connectivity index (χ1n) is 7.04. The van der Waals surface area contributed by atoms with Gasteiger partial charge in [0.1, 0.15) is 0 Å². The van der Waals surface area contributed by atoms with Crippen LogP contribution in [-0.2, 0) is 20.0 Å². The molecule has 1 aliphatic heterocycles. The van der Waals surface area contributed by atoms with Crippen molar-refractivity contribution in [2.45, 2.75) is 26.8 Å². The van der Waals surface area contributed by atoms with Crippen molar-refractivity contribution < 1.29 is 4.79 Å². The Kier molecular flexibility index (Phi) is 3.49. The van der Waals surface area contributed by atoms with Crippen molar-refractivity contribution in [3.8, 4) is 0 Å². The highest BCUT2D eigenvalue weighted by Crippen LogP contribution is 2.23. The Hall–Kier alpha value is -1.81. The van der Waals surface area contributed by atoms with Crippen molar-refractivity contribution in [1.29, 1.82) is 0 Å². The molecule has 0 saturated carbocycles. The second-order valence-corrected chi connectivity index (χ2v) is 5.95. The van der Waals surface area contributed by atoms with Gasteiger partial charge >= 0.3 is 0 Å². The van der Waals surface area contributed by atoms with Crippen molar-refractivity contribution in [3.63, 3.8) is 0 Å². The minimum absolute atomic E-state index is 0.0704. The van der Waals surface area contributed by atoms with E-state index in [1.807, 2.05) is 48.6 Å². The van der Waals surface area contributed by atoms with Crippen molar-refractivity contribution in [1.82, 2.24) is 14.5 Å². The second kappa shape index (κ2) is 5.19. The van der Waals surface area contributed by atoms with Gasteiger partial charge < -0.3 is 9.47 Å². The lowest BCUT2D eigenvalue weighted by molar-refractivity contribution is 0.0730. The van der Waals surface area contributed by atoms with Crippen LogP contribution in [0.2, 0.25) is 5.28 Å². The quantitative estimate of drug-likeness (QED) is 0.812. The normalized spacial score (nSPS) is 14.2. The zero-order valence-electron chi connectivity index (χ0n) is 12.5. The molecule has 0 atom stereocenters. The van der Waals surface area contributed by atoms with Crippen molar-refractivity contribution in [3.05, 3.63) is 51.6 Å². The summed E-state index contributed by atoms with van der Waals surface area (Å²) in [6.07, 6.45) is 0.756. The lowest BCUT2D eigenvalue weighted by atomic mass is 10.0. The van der Waals surface area contributed by atoms with Crippen LogP contribution in [0.25, 0.3) is 0 Å². The molecular weight excluding hydrogens is 286 g/mol. The van der Waals surface area contributed by atoms with Gasteiger partial charge in [-0.05, 0) is 48.7 Å². The van der Waals surface area contributed by atoms with Crippen molar-refractivity contribution in [2.75, 3.05) is 6.54 Å². The molecule has 4 nitrogen and oxygen atoms in total. The van der Waals surface area contributed by atoms with Crippen LogP contribution in [0.4, 0.5) is 0 Å². The van der Waals surface area contributed by atoms with Gasteiger partial charge in [0.15, 0.2) is 0 Å². The Morgan fingerprint density at radius 2 is 2.05 bits per heavy atom. The van der Waals surface area contributed by atoms with Crippen LogP contribution in [0.5, 0.6) is 0 Å². The Morgan fingerprint density at radius 1 is 1.29 bits per heavy atom. The molecule has 0 bridgehead atoms. The maximum Gasteiger partial charge on any atom is 0.254 e. The number of rotatable bonds is 1. The zero-order valence-corrected chi connectivity index (χ0v) is 13.2. The summed E-state index contributed by atoms with van der Waals surface area (Å²) in [7, 11) is 1.89. The second-order valence-electron chi connectivity index (χ2n) is 5.61. The Bertz CT molecular complexity index is 721. The van der Waals surface area contributed by atoms with E-state index in [0.717, 1.165) is 28.9 Å². The molecule has 0 saturated heterocycles. The smallest absolute Gasteiger partial charge is 0.254 e. The van der Waals surface area contributed by atoms with E-state index in [2.05, 4.69) is 4.98 Å². The fourth-order valence-electron chi connectivity index (χ4n) is 2.68. The van der Waals surface area contributed by atoms with E-state index in [0.29, 0.717) is 18.4 Å². The third-order valence-electron chi connectivity index (χ3n) is 4.24. The minimum Gasteiger partial charge on any atom is -0.332 e. The molecule has 0 fully saturated rings. The predicted octanol–water partition coefficient (Wildman–Crippen LogP) is 2.89. The number of hydrogen-bond donors (Lipinski definition) is 0. The SMILES string of the molecule is Cc1ccc(C(=O)N2CCc3nc(Cl)n(C)c3C2)cc1C. The minimum atomic E-state index is 0.0704. The zero-order chi connectivity index (χ0) is 15.1. The number of imidazole rings is 1. The van der Waals surface area contributed by atoms with Gasteiger partial charge in [-0.3, -0.25) is 4.79 Å². The molecule has 0 radical (unpaired) electrons. The number of hydrogen-bond acceptors (Lipinski definition) is 2. The van der Waals surface area contributed by atoms with E-state index in [9.17, 15) is 4.79 Å². The number of carbonyl (C=O) groups is 1. The highest BCUT2D eigenvalue weighted by atomic mass is 35.5. The van der Waals surface area contributed by atoms with Crippen LogP contribution in [0.15, 0.2) is 18.2 Å². The fraction of sp³-hybridized carbons (Fsp3) is 0.375. The van der Waals surface area contributed by atoms with Gasteiger partial charge in [-0.25, -0.2) is 4.98 Å². The fourth-order valence-corrected chi connectivity index (χ4v) is 2.89. The summed E-state index contributed by atoms with van der Waals surface area (Å²) in [4.78, 5) is 18.9. The van der Waals surface area contributed by atoms with Crippen molar-refractivity contribution >= 4 is 17.5 Å². The summed E-state index contributed by atoms with van der Waals surface area (Å²) in [6.45, 7) is 5.33. The Morgan fingerprint density at radius 3 is 2.76 bits per heavy atom. The molecule has 110 valence electrons.